The lowest BCUT2D eigenvalue weighted by Gasteiger charge is -2.38. The summed E-state index contributed by atoms with van der Waals surface area (Å²) in [5.74, 6) is 0. The molecule has 0 aromatic rings. The summed E-state index contributed by atoms with van der Waals surface area (Å²) in [6.07, 6.45) is 2.31. The quantitative estimate of drug-likeness (QED) is 0.591. The molecule has 0 amide bonds. The van der Waals surface area contributed by atoms with Crippen LogP contribution in [-0.2, 0) is 10.0 Å². The van der Waals surface area contributed by atoms with Crippen LogP contribution in [0.1, 0.15) is 6.42 Å². The smallest absolute Gasteiger partial charge is 0.211 e. The van der Waals surface area contributed by atoms with Crippen LogP contribution in [0.3, 0.4) is 0 Å². The Balaban J connectivity index is 2.08. The fourth-order valence-electron chi connectivity index (χ4n) is 1.94. The number of sulfonamides is 1. The Labute approximate surface area is 73.0 Å². The molecule has 1 N–H and O–H groups in total. The average molecular weight is 190 g/mol. The molecule has 12 heavy (non-hydrogen) atoms. The fourth-order valence-corrected chi connectivity index (χ4v) is 2.88. The van der Waals surface area contributed by atoms with Crippen molar-refractivity contribution in [1.82, 2.24) is 9.62 Å². The SMILES string of the molecule is CS(=O)(=O)N1CCC2(CNC2)C1. The Morgan fingerprint density at radius 2 is 2.08 bits per heavy atom. The van der Waals surface area contributed by atoms with Gasteiger partial charge in [-0.3, -0.25) is 0 Å². The van der Waals surface area contributed by atoms with E-state index in [1.807, 2.05) is 0 Å². The Hall–Kier alpha value is -0.130. The maximum absolute atomic E-state index is 11.2. The van der Waals surface area contributed by atoms with E-state index in [9.17, 15) is 8.42 Å². The van der Waals surface area contributed by atoms with Crippen molar-refractivity contribution in [3.63, 3.8) is 0 Å². The van der Waals surface area contributed by atoms with E-state index in [4.69, 9.17) is 0 Å². The topological polar surface area (TPSA) is 49.4 Å². The standard InChI is InChI=1S/C7H14N2O2S/c1-12(10,11)9-3-2-7(6-9)4-8-5-7/h8H,2-6H2,1H3. The van der Waals surface area contributed by atoms with Crippen LogP contribution in [0.2, 0.25) is 0 Å². The third-order valence-electron chi connectivity index (χ3n) is 2.87. The second-order valence-electron chi connectivity index (χ2n) is 3.95. The van der Waals surface area contributed by atoms with E-state index >= 15 is 0 Å². The molecule has 1 spiro atoms. The van der Waals surface area contributed by atoms with Crippen LogP contribution in [0.15, 0.2) is 0 Å². The van der Waals surface area contributed by atoms with Gasteiger partial charge < -0.3 is 5.32 Å². The van der Waals surface area contributed by atoms with Crippen molar-refractivity contribution in [3.8, 4) is 0 Å². The van der Waals surface area contributed by atoms with E-state index in [1.54, 1.807) is 4.31 Å². The van der Waals surface area contributed by atoms with Gasteiger partial charge in [0.25, 0.3) is 0 Å². The maximum atomic E-state index is 11.2. The number of nitrogens with zero attached hydrogens (tertiary/aromatic N) is 1. The molecule has 0 radical (unpaired) electrons. The summed E-state index contributed by atoms with van der Waals surface area (Å²) in [5, 5.41) is 3.19. The van der Waals surface area contributed by atoms with E-state index in [-0.39, 0.29) is 5.41 Å². The lowest BCUT2D eigenvalue weighted by molar-refractivity contribution is 0.187. The summed E-state index contributed by atoms with van der Waals surface area (Å²) in [6, 6.07) is 0. The molecule has 0 aromatic carbocycles. The minimum Gasteiger partial charge on any atom is -0.315 e. The van der Waals surface area contributed by atoms with Crippen LogP contribution in [0.5, 0.6) is 0 Å². The maximum Gasteiger partial charge on any atom is 0.211 e. The molecule has 0 atom stereocenters. The first-order chi connectivity index (χ1) is 5.52. The summed E-state index contributed by atoms with van der Waals surface area (Å²) in [6.45, 7) is 3.40. The van der Waals surface area contributed by atoms with Gasteiger partial charge in [-0.15, -0.1) is 0 Å². The molecule has 0 unspecified atom stereocenters. The van der Waals surface area contributed by atoms with Gasteiger partial charge in [-0.2, -0.15) is 0 Å². The average Bonchev–Trinajstić information content (AvgIpc) is 2.26. The van der Waals surface area contributed by atoms with Crippen molar-refractivity contribution in [3.05, 3.63) is 0 Å². The van der Waals surface area contributed by atoms with Crippen molar-refractivity contribution in [2.45, 2.75) is 6.42 Å². The molecular formula is C7H14N2O2S. The second-order valence-corrected chi connectivity index (χ2v) is 5.93. The first-order valence-electron chi connectivity index (χ1n) is 4.18. The van der Waals surface area contributed by atoms with Crippen LogP contribution in [0.4, 0.5) is 0 Å². The monoisotopic (exact) mass is 190 g/mol. The Bertz CT molecular complexity index is 282. The van der Waals surface area contributed by atoms with Gasteiger partial charge in [0, 0.05) is 31.6 Å². The molecule has 2 aliphatic heterocycles. The molecule has 0 aromatic heterocycles. The lowest BCUT2D eigenvalue weighted by Crippen LogP contribution is -2.54. The normalized spacial score (nSPS) is 29.1. The summed E-state index contributed by atoms with van der Waals surface area (Å²) in [4.78, 5) is 0. The van der Waals surface area contributed by atoms with Gasteiger partial charge in [0.15, 0.2) is 0 Å². The molecule has 2 fully saturated rings. The van der Waals surface area contributed by atoms with E-state index in [0.717, 1.165) is 26.1 Å². The molecule has 2 aliphatic rings. The van der Waals surface area contributed by atoms with Gasteiger partial charge in [0.2, 0.25) is 10.0 Å². The van der Waals surface area contributed by atoms with Crippen LogP contribution in [-0.4, -0.2) is 45.2 Å². The zero-order valence-corrected chi connectivity index (χ0v) is 8.02. The van der Waals surface area contributed by atoms with Gasteiger partial charge >= 0.3 is 0 Å². The minimum absolute atomic E-state index is 0.281. The first-order valence-corrected chi connectivity index (χ1v) is 6.03. The molecule has 4 nitrogen and oxygen atoms in total. The van der Waals surface area contributed by atoms with Crippen LogP contribution < -0.4 is 5.32 Å². The van der Waals surface area contributed by atoms with Crippen molar-refractivity contribution < 1.29 is 8.42 Å². The van der Waals surface area contributed by atoms with Gasteiger partial charge in [0.05, 0.1) is 6.26 Å². The molecule has 0 aliphatic carbocycles. The van der Waals surface area contributed by atoms with Crippen molar-refractivity contribution in [1.29, 1.82) is 0 Å². The summed E-state index contributed by atoms with van der Waals surface area (Å²) in [7, 11) is -2.94. The molecule has 0 bridgehead atoms. The predicted molar refractivity (Wildman–Crippen MR) is 46.3 cm³/mol. The number of hydrogen-bond donors (Lipinski definition) is 1. The fraction of sp³-hybridized carbons (Fsp3) is 1.00. The van der Waals surface area contributed by atoms with E-state index < -0.39 is 10.0 Å². The first kappa shape index (κ1) is 8.47. The zero-order valence-electron chi connectivity index (χ0n) is 7.21. The summed E-state index contributed by atoms with van der Waals surface area (Å²) >= 11 is 0. The summed E-state index contributed by atoms with van der Waals surface area (Å²) < 4.78 is 23.9. The van der Waals surface area contributed by atoms with E-state index in [2.05, 4.69) is 5.32 Å². The van der Waals surface area contributed by atoms with E-state index in [0.29, 0.717) is 6.54 Å². The Morgan fingerprint density at radius 3 is 2.33 bits per heavy atom. The molecule has 2 saturated heterocycles. The van der Waals surface area contributed by atoms with Gasteiger partial charge in [-0.1, -0.05) is 0 Å². The Kier molecular flexibility index (Phi) is 1.72. The highest BCUT2D eigenvalue weighted by Crippen LogP contribution is 2.34. The number of hydrogen-bond acceptors (Lipinski definition) is 3. The largest absolute Gasteiger partial charge is 0.315 e. The van der Waals surface area contributed by atoms with Crippen molar-refractivity contribution in [2.24, 2.45) is 5.41 Å². The van der Waals surface area contributed by atoms with Crippen molar-refractivity contribution in [2.75, 3.05) is 32.4 Å². The highest BCUT2D eigenvalue weighted by atomic mass is 32.2. The lowest BCUT2D eigenvalue weighted by atomic mass is 9.81. The highest BCUT2D eigenvalue weighted by Gasteiger charge is 2.45. The second kappa shape index (κ2) is 2.43. The van der Waals surface area contributed by atoms with Crippen LogP contribution in [0.25, 0.3) is 0 Å². The Morgan fingerprint density at radius 1 is 1.42 bits per heavy atom. The van der Waals surface area contributed by atoms with Gasteiger partial charge in [0.1, 0.15) is 0 Å². The van der Waals surface area contributed by atoms with Crippen LogP contribution >= 0.6 is 0 Å². The minimum atomic E-state index is -2.94. The van der Waals surface area contributed by atoms with Gasteiger partial charge in [-0.05, 0) is 6.42 Å². The molecule has 2 rings (SSSR count). The number of rotatable bonds is 1. The zero-order chi connectivity index (χ0) is 8.82. The molecular weight excluding hydrogens is 176 g/mol. The highest BCUT2D eigenvalue weighted by molar-refractivity contribution is 7.88. The van der Waals surface area contributed by atoms with Gasteiger partial charge in [-0.25, -0.2) is 12.7 Å². The molecule has 70 valence electrons. The summed E-state index contributed by atoms with van der Waals surface area (Å²) in [5.41, 5.74) is 0.281. The third-order valence-corrected chi connectivity index (χ3v) is 4.12. The van der Waals surface area contributed by atoms with Crippen molar-refractivity contribution >= 4 is 10.0 Å². The molecule has 2 heterocycles. The van der Waals surface area contributed by atoms with Crippen LogP contribution in [0, 0.1) is 5.41 Å². The molecule has 0 saturated carbocycles. The third kappa shape index (κ3) is 1.26. The van der Waals surface area contributed by atoms with E-state index in [1.165, 1.54) is 6.26 Å². The number of nitrogens with one attached hydrogen (secondary N) is 1. The predicted octanol–water partition coefficient (Wildman–Crippen LogP) is -0.759. The molecule has 5 heteroatoms.